The number of methoxy groups -OCH3 is 2. The number of Topliss-reactive ketones (excluding diaryl/α,β-unsaturated/α-hetero) is 1. The Kier molecular flexibility index (Phi) is 6.02. The molecule has 1 heterocycles. The van der Waals surface area contributed by atoms with Gasteiger partial charge < -0.3 is 14.6 Å². The molecule has 34 heavy (non-hydrogen) atoms. The molecule has 1 aliphatic rings. The van der Waals surface area contributed by atoms with E-state index in [0.29, 0.717) is 5.75 Å². The van der Waals surface area contributed by atoms with Crippen LogP contribution in [-0.4, -0.2) is 31.0 Å². The van der Waals surface area contributed by atoms with Gasteiger partial charge in [-0.25, -0.2) is 13.2 Å². The molecule has 174 valence electrons. The van der Waals surface area contributed by atoms with E-state index >= 15 is 0 Å². The number of hydrogen-bond acceptors (Lipinski definition) is 5. The first-order chi connectivity index (χ1) is 16.3. The number of hydrogen-bond donors (Lipinski definition) is 1. The molecule has 6 nitrogen and oxygen atoms in total. The molecule has 9 heteroatoms. The highest BCUT2D eigenvalue weighted by molar-refractivity contribution is 6.51. The number of aliphatic hydroxyl groups is 1. The minimum Gasteiger partial charge on any atom is -0.507 e. The maximum Gasteiger partial charge on any atom is 0.300 e. The van der Waals surface area contributed by atoms with E-state index in [9.17, 15) is 27.9 Å². The number of aliphatic hydroxyl groups excluding tert-OH is 1. The molecule has 1 unspecified atom stereocenters. The number of nitrogens with zero attached hydrogens (tertiary/aromatic N) is 1. The fourth-order valence-electron chi connectivity index (χ4n) is 3.83. The molecule has 0 spiro atoms. The smallest absolute Gasteiger partial charge is 0.300 e. The molecule has 1 atom stereocenters. The first kappa shape index (κ1) is 22.9. The Labute approximate surface area is 192 Å². The average Bonchev–Trinajstić information content (AvgIpc) is 3.10. The standard InChI is InChI=1S/C25H18F3NO5/c1-33-19-10-5-14(11-20(19)34-2)23(30)21-22(13-3-6-15(26)7-4-13)29(25(32)24(21)31)16-8-9-17(27)18(28)12-16/h3-12,22,30H,1-2H3/b23-21+. The van der Waals surface area contributed by atoms with E-state index in [1.54, 1.807) is 0 Å². The highest BCUT2D eigenvalue weighted by atomic mass is 19.2. The van der Waals surface area contributed by atoms with Gasteiger partial charge in [0.15, 0.2) is 23.1 Å². The molecular weight excluding hydrogens is 451 g/mol. The Morgan fingerprint density at radius 2 is 1.53 bits per heavy atom. The molecule has 3 aromatic carbocycles. The van der Waals surface area contributed by atoms with Gasteiger partial charge in [0.05, 0.1) is 25.8 Å². The van der Waals surface area contributed by atoms with E-state index in [1.807, 2.05) is 0 Å². The van der Waals surface area contributed by atoms with Gasteiger partial charge in [0.25, 0.3) is 11.7 Å². The number of carbonyl (C=O) groups is 2. The topological polar surface area (TPSA) is 76.1 Å². The lowest BCUT2D eigenvalue weighted by atomic mass is 9.95. The van der Waals surface area contributed by atoms with E-state index in [1.165, 1.54) is 44.6 Å². The minimum absolute atomic E-state index is 0.110. The summed E-state index contributed by atoms with van der Waals surface area (Å²) in [6.07, 6.45) is 0. The Balaban J connectivity index is 1.94. The third-order valence-electron chi connectivity index (χ3n) is 5.47. The maximum absolute atomic E-state index is 14.0. The summed E-state index contributed by atoms with van der Waals surface area (Å²) in [7, 11) is 2.82. The number of rotatable bonds is 5. The van der Waals surface area contributed by atoms with E-state index in [2.05, 4.69) is 0 Å². The van der Waals surface area contributed by atoms with Gasteiger partial charge in [-0.15, -0.1) is 0 Å². The van der Waals surface area contributed by atoms with E-state index in [0.717, 1.165) is 35.2 Å². The van der Waals surface area contributed by atoms with Crippen molar-refractivity contribution in [3.05, 3.63) is 94.8 Å². The van der Waals surface area contributed by atoms with Crippen LogP contribution in [0, 0.1) is 17.5 Å². The second kappa shape index (κ2) is 8.93. The van der Waals surface area contributed by atoms with Crippen molar-refractivity contribution >= 4 is 23.1 Å². The summed E-state index contributed by atoms with van der Waals surface area (Å²) in [4.78, 5) is 27.0. The van der Waals surface area contributed by atoms with Crippen LogP contribution in [0.5, 0.6) is 11.5 Å². The van der Waals surface area contributed by atoms with Crippen molar-refractivity contribution in [1.82, 2.24) is 0 Å². The summed E-state index contributed by atoms with van der Waals surface area (Å²) in [5.41, 5.74) is -0.00402. The number of amides is 1. The van der Waals surface area contributed by atoms with Gasteiger partial charge in [-0.2, -0.15) is 0 Å². The lowest BCUT2D eigenvalue weighted by Gasteiger charge is -2.25. The number of halogens is 3. The summed E-state index contributed by atoms with van der Waals surface area (Å²) in [5, 5.41) is 11.1. The molecule has 1 aliphatic heterocycles. The zero-order valence-corrected chi connectivity index (χ0v) is 18.0. The van der Waals surface area contributed by atoms with Gasteiger partial charge in [-0.3, -0.25) is 14.5 Å². The molecule has 1 fully saturated rings. The van der Waals surface area contributed by atoms with Crippen LogP contribution in [0.15, 0.2) is 66.2 Å². The highest BCUT2D eigenvalue weighted by Gasteiger charge is 2.47. The largest absolute Gasteiger partial charge is 0.507 e. The van der Waals surface area contributed by atoms with Crippen molar-refractivity contribution in [2.24, 2.45) is 0 Å². The van der Waals surface area contributed by atoms with Crippen LogP contribution in [0.25, 0.3) is 5.76 Å². The second-order valence-electron chi connectivity index (χ2n) is 7.39. The number of ketones is 1. The van der Waals surface area contributed by atoms with Crippen molar-refractivity contribution in [3.8, 4) is 11.5 Å². The van der Waals surface area contributed by atoms with Crippen molar-refractivity contribution in [2.45, 2.75) is 6.04 Å². The summed E-state index contributed by atoms with van der Waals surface area (Å²) >= 11 is 0. The van der Waals surface area contributed by atoms with Gasteiger partial charge in [0, 0.05) is 17.3 Å². The van der Waals surface area contributed by atoms with Crippen molar-refractivity contribution in [3.63, 3.8) is 0 Å². The maximum atomic E-state index is 14.0. The quantitative estimate of drug-likeness (QED) is 0.332. The number of anilines is 1. The molecule has 0 saturated carbocycles. The predicted octanol–water partition coefficient (Wildman–Crippen LogP) is 4.75. The Hall–Kier alpha value is -4.27. The lowest BCUT2D eigenvalue weighted by Crippen LogP contribution is -2.29. The summed E-state index contributed by atoms with van der Waals surface area (Å²) in [6, 6.07) is 10.8. The van der Waals surface area contributed by atoms with Crippen molar-refractivity contribution in [2.75, 3.05) is 19.1 Å². The van der Waals surface area contributed by atoms with E-state index in [4.69, 9.17) is 9.47 Å². The molecule has 0 bridgehead atoms. The summed E-state index contributed by atoms with van der Waals surface area (Å²) in [6.45, 7) is 0. The van der Waals surface area contributed by atoms with Crippen LogP contribution < -0.4 is 14.4 Å². The van der Waals surface area contributed by atoms with Gasteiger partial charge in [-0.05, 0) is 48.0 Å². The van der Waals surface area contributed by atoms with Gasteiger partial charge in [0.1, 0.15) is 11.6 Å². The Morgan fingerprint density at radius 3 is 2.15 bits per heavy atom. The van der Waals surface area contributed by atoms with Crippen LogP contribution in [0.2, 0.25) is 0 Å². The predicted molar refractivity (Wildman–Crippen MR) is 117 cm³/mol. The summed E-state index contributed by atoms with van der Waals surface area (Å²) < 4.78 is 51.5. The molecule has 1 saturated heterocycles. The van der Waals surface area contributed by atoms with E-state index in [-0.39, 0.29) is 28.1 Å². The molecule has 0 aliphatic carbocycles. The molecule has 3 aromatic rings. The molecular formula is C25H18F3NO5. The lowest BCUT2D eigenvalue weighted by molar-refractivity contribution is -0.132. The van der Waals surface area contributed by atoms with Crippen molar-refractivity contribution in [1.29, 1.82) is 0 Å². The van der Waals surface area contributed by atoms with Crippen LogP contribution in [0.1, 0.15) is 17.2 Å². The summed E-state index contributed by atoms with van der Waals surface area (Å²) in [5.74, 6) is -4.93. The third-order valence-corrected chi connectivity index (χ3v) is 5.47. The highest BCUT2D eigenvalue weighted by Crippen LogP contribution is 2.43. The van der Waals surface area contributed by atoms with Crippen LogP contribution in [0.3, 0.4) is 0 Å². The third kappa shape index (κ3) is 3.85. The van der Waals surface area contributed by atoms with E-state index < -0.39 is 40.9 Å². The zero-order chi connectivity index (χ0) is 24.6. The number of ether oxygens (including phenoxy) is 2. The van der Waals surface area contributed by atoms with Crippen molar-refractivity contribution < 1.29 is 37.3 Å². The Bertz CT molecular complexity index is 1320. The fraction of sp³-hybridized carbons (Fsp3) is 0.120. The second-order valence-corrected chi connectivity index (χ2v) is 7.39. The van der Waals surface area contributed by atoms with Crippen LogP contribution in [-0.2, 0) is 9.59 Å². The molecule has 1 N–H and O–H groups in total. The molecule has 0 aromatic heterocycles. The number of carbonyl (C=O) groups excluding carboxylic acids is 2. The molecule has 4 rings (SSSR count). The molecule has 0 radical (unpaired) electrons. The minimum atomic E-state index is -1.24. The SMILES string of the molecule is COc1ccc(/C(O)=C2\C(=O)C(=O)N(c3ccc(F)c(F)c3)C2c2ccc(F)cc2)cc1OC. The van der Waals surface area contributed by atoms with Gasteiger partial charge in [-0.1, -0.05) is 12.1 Å². The number of benzene rings is 3. The fourth-order valence-corrected chi connectivity index (χ4v) is 3.83. The van der Waals surface area contributed by atoms with Crippen LogP contribution >= 0.6 is 0 Å². The molecule has 1 amide bonds. The first-order valence-electron chi connectivity index (χ1n) is 10.0. The van der Waals surface area contributed by atoms with Crippen LogP contribution in [0.4, 0.5) is 18.9 Å². The Morgan fingerprint density at radius 1 is 0.853 bits per heavy atom. The zero-order valence-electron chi connectivity index (χ0n) is 18.0. The van der Waals surface area contributed by atoms with Gasteiger partial charge in [0.2, 0.25) is 0 Å². The normalized spacial score (nSPS) is 17.2. The monoisotopic (exact) mass is 469 g/mol. The van der Waals surface area contributed by atoms with Gasteiger partial charge >= 0.3 is 0 Å². The average molecular weight is 469 g/mol. The first-order valence-corrected chi connectivity index (χ1v) is 10.0.